The molecule has 1 aliphatic heterocycles. The molecule has 5 aromatic rings. The van der Waals surface area contributed by atoms with Crippen molar-refractivity contribution >= 4 is 22.8 Å². The van der Waals surface area contributed by atoms with Gasteiger partial charge >= 0.3 is 5.97 Å². The molecule has 4 heterocycles. The Kier molecular flexibility index (Phi) is 7.52. The Hall–Kier alpha value is -4.86. The van der Waals surface area contributed by atoms with Crippen LogP contribution in [0.3, 0.4) is 0 Å². The number of aromatic amines is 2. The molecule has 0 aliphatic carbocycles. The first kappa shape index (κ1) is 28.3. The topological polar surface area (TPSA) is 129 Å². The monoisotopic (exact) mass is 580 g/mol. The lowest BCUT2D eigenvalue weighted by atomic mass is 9.79. The van der Waals surface area contributed by atoms with Crippen LogP contribution in [0, 0.1) is 13.8 Å². The second kappa shape index (κ2) is 11.4. The highest BCUT2D eigenvalue weighted by molar-refractivity contribution is 5.92. The predicted octanol–water partition coefficient (Wildman–Crippen LogP) is 6.05. The summed E-state index contributed by atoms with van der Waals surface area (Å²) in [4.78, 5) is 34.4. The number of hydrogen-bond donors (Lipinski definition) is 3. The van der Waals surface area contributed by atoms with Crippen LogP contribution in [0.2, 0.25) is 0 Å². The third-order valence-corrected chi connectivity index (χ3v) is 8.30. The Morgan fingerprint density at radius 2 is 1.74 bits per heavy atom. The second-order valence-electron chi connectivity index (χ2n) is 11.4. The summed E-state index contributed by atoms with van der Waals surface area (Å²) in [5.41, 5.74) is 6.81. The maximum atomic E-state index is 10.8. The Bertz CT molecular complexity index is 1770. The zero-order valence-electron chi connectivity index (χ0n) is 24.9. The van der Waals surface area contributed by atoms with E-state index >= 15 is 0 Å². The van der Waals surface area contributed by atoms with Gasteiger partial charge in [0.25, 0.3) is 0 Å². The Morgan fingerprint density at radius 1 is 1.00 bits per heavy atom. The molecule has 2 aromatic carbocycles. The van der Waals surface area contributed by atoms with Crippen molar-refractivity contribution in [2.75, 3.05) is 31.2 Å². The van der Waals surface area contributed by atoms with Crippen molar-refractivity contribution in [3.8, 4) is 34.0 Å². The van der Waals surface area contributed by atoms with Crippen LogP contribution in [0.25, 0.3) is 33.5 Å². The number of benzene rings is 2. The summed E-state index contributed by atoms with van der Waals surface area (Å²) >= 11 is 0. The fraction of sp³-hybridized carbons (Fsp3) is 0.333. The molecule has 222 valence electrons. The van der Waals surface area contributed by atoms with Crippen LogP contribution < -0.4 is 14.4 Å². The summed E-state index contributed by atoms with van der Waals surface area (Å²) in [5.74, 6) is 2.35. The zero-order chi connectivity index (χ0) is 30.1. The molecule has 10 heteroatoms. The summed E-state index contributed by atoms with van der Waals surface area (Å²) in [6.07, 6.45) is 3.47. The molecule has 6 rings (SSSR count). The number of rotatable bonds is 9. The number of ether oxygens (including phenoxy) is 2. The molecule has 0 unspecified atom stereocenters. The van der Waals surface area contributed by atoms with E-state index in [-0.39, 0.29) is 12.0 Å². The van der Waals surface area contributed by atoms with Gasteiger partial charge < -0.3 is 29.4 Å². The van der Waals surface area contributed by atoms with Gasteiger partial charge in [0.05, 0.1) is 17.7 Å². The molecular weight excluding hydrogens is 544 g/mol. The largest absolute Gasteiger partial charge is 0.494 e. The van der Waals surface area contributed by atoms with Crippen LogP contribution in [0.5, 0.6) is 11.5 Å². The van der Waals surface area contributed by atoms with Crippen molar-refractivity contribution in [1.29, 1.82) is 0 Å². The molecule has 0 amide bonds. The molecule has 0 atom stereocenters. The van der Waals surface area contributed by atoms with Gasteiger partial charge in [-0.25, -0.2) is 19.7 Å². The first-order valence-electron chi connectivity index (χ1n) is 14.6. The standard InChI is InChI=1S/C33H36N6O4/c1-5-42-27-11-8-23(16-20(27)2)29-21(3)36-32(38-29)33(4)12-14-39(15-13-33)31-25-17-26(37-30(25)34-19-35-31)22-6-9-24(10-7-22)43-18-28(40)41/h6-11,16-17,19H,5,12-15,18H2,1-4H3,(H,36,38)(H,40,41)(H,34,35,37). The number of nitrogens with zero attached hydrogens (tertiary/aromatic N) is 4. The zero-order valence-corrected chi connectivity index (χ0v) is 24.9. The first-order valence-corrected chi connectivity index (χ1v) is 14.6. The molecule has 43 heavy (non-hydrogen) atoms. The van der Waals surface area contributed by atoms with E-state index in [0.29, 0.717) is 12.4 Å². The van der Waals surface area contributed by atoms with Crippen LogP contribution >= 0.6 is 0 Å². The number of imidazole rings is 1. The van der Waals surface area contributed by atoms with E-state index < -0.39 is 5.97 Å². The summed E-state index contributed by atoms with van der Waals surface area (Å²) in [6, 6.07) is 15.7. The van der Waals surface area contributed by atoms with Crippen LogP contribution in [0.15, 0.2) is 54.9 Å². The van der Waals surface area contributed by atoms with Crippen LogP contribution in [0.1, 0.15) is 43.8 Å². The average molecular weight is 581 g/mol. The van der Waals surface area contributed by atoms with Gasteiger partial charge in [-0.3, -0.25) is 0 Å². The van der Waals surface area contributed by atoms with Crippen LogP contribution in [0.4, 0.5) is 5.82 Å². The maximum Gasteiger partial charge on any atom is 0.341 e. The molecule has 3 aromatic heterocycles. The number of carboxylic acids is 1. The van der Waals surface area contributed by atoms with Gasteiger partial charge in [-0.1, -0.05) is 6.92 Å². The van der Waals surface area contributed by atoms with Crippen molar-refractivity contribution in [1.82, 2.24) is 24.9 Å². The van der Waals surface area contributed by atoms with Gasteiger partial charge in [0.15, 0.2) is 6.61 Å². The maximum absolute atomic E-state index is 10.8. The Labute approximate surface area is 250 Å². The van der Waals surface area contributed by atoms with Crippen LogP contribution in [-0.2, 0) is 10.2 Å². The molecular formula is C33H36N6O4. The molecule has 1 saturated heterocycles. The molecule has 10 nitrogen and oxygen atoms in total. The van der Waals surface area contributed by atoms with Crippen molar-refractivity contribution in [2.24, 2.45) is 0 Å². The van der Waals surface area contributed by atoms with Crippen LogP contribution in [-0.4, -0.2) is 62.3 Å². The number of carboxylic acid groups (broad SMARTS) is 1. The first-order chi connectivity index (χ1) is 20.7. The number of aromatic nitrogens is 5. The summed E-state index contributed by atoms with van der Waals surface area (Å²) in [6.45, 7) is 10.4. The second-order valence-corrected chi connectivity index (χ2v) is 11.4. The van der Waals surface area contributed by atoms with Gasteiger partial charge in [-0.05, 0) is 93.3 Å². The summed E-state index contributed by atoms with van der Waals surface area (Å²) in [5, 5.41) is 9.80. The number of anilines is 1. The third-order valence-electron chi connectivity index (χ3n) is 8.30. The van der Waals surface area contributed by atoms with E-state index in [4.69, 9.17) is 19.6 Å². The summed E-state index contributed by atoms with van der Waals surface area (Å²) < 4.78 is 11.0. The quantitative estimate of drug-likeness (QED) is 0.192. The lowest BCUT2D eigenvalue weighted by Crippen LogP contribution is -2.42. The predicted molar refractivity (Wildman–Crippen MR) is 166 cm³/mol. The number of hydrogen-bond acceptors (Lipinski definition) is 7. The molecule has 1 aliphatic rings. The number of aryl methyl sites for hydroxylation is 2. The molecule has 1 fully saturated rings. The molecule has 0 radical (unpaired) electrons. The molecule has 3 N–H and O–H groups in total. The number of carbonyl (C=O) groups is 1. The fourth-order valence-corrected chi connectivity index (χ4v) is 5.80. The summed E-state index contributed by atoms with van der Waals surface area (Å²) in [7, 11) is 0. The number of aliphatic carboxylic acids is 1. The van der Waals surface area contributed by atoms with Gasteiger partial charge in [-0.15, -0.1) is 0 Å². The van der Waals surface area contributed by atoms with Gasteiger partial charge in [0.1, 0.15) is 35.1 Å². The Balaban J connectivity index is 1.18. The molecule has 0 saturated carbocycles. The highest BCUT2D eigenvalue weighted by Gasteiger charge is 2.36. The number of piperidine rings is 1. The minimum atomic E-state index is -1.01. The minimum Gasteiger partial charge on any atom is -0.494 e. The van der Waals surface area contributed by atoms with E-state index in [0.717, 1.165) is 88.1 Å². The molecule has 0 spiro atoms. The number of H-pyrrole nitrogens is 2. The third kappa shape index (κ3) is 5.64. The SMILES string of the molecule is CCOc1ccc(-c2nc(C3(C)CCN(c4ncnc5[nH]c(-c6ccc(OCC(=O)O)cc6)cc45)CC3)[nH]c2C)cc1C. The van der Waals surface area contributed by atoms with Crippen molar-refractivity contribution in [3.63, 3.8) is 0 Å². The van der Waals surface area contributed by atoms with Gasteiger partial charge in [0.2, 0.25) is 0 Å². The number of fused-ring (bicyclic) bond motifs is 1. The van der Waals surface area contributed by atoms with Gasteiger partial charge in [0, 0.05) is 35.5 Å². The van der Waals surface area contributed by atoms with Gasteiger partial charge in [-0.2, -0.15) is 0 Å². The minimum absolute atomic E-state index is 0.0836. The van der Waals surface area contributed by atoms with E-state index in [1.54, 1.807) is 18.5 Å². The highest BCUT2D eigenvalue weighted by atomic mass is 16.5. The smallest absolute Gasteiger partial charge is 0.341 e. The van der Waals surface area contributed by atoms with Crippen molar-refractivity contribution in [2.45, 2.75) is 46.0 Å². The van der Waals surface area contributed by atoms with E-state index in [2.05, 4.69) is 63.8 Å². The van der Waals surface area contributed by atoms with E-state index in [1.165, 1.54) is 0 Å². The van der Waals surface area contributed by atoms with Crippen molar-refractivity contribution in [3.05, 3.63) is 71.9 Å². The van der Waals surface area contributed by atoms with Crippen molar-refractivity contribution < 1.29 is 19.4 Å². The highest BCUT2D eigenvalue weighted by Crippen LogP contribution is 2.38. The molecule has 0 bridgehead atoms. The fourth-order valence-electron chi connectivity index (χ4n) is 5.80. The lowest BCUT2D eigenvalue weighted by Gasteiger charge is -2.38. The Morgan fingerprint density at radius 3 is 2.44 bits per heavy atom. The van der Waals surface area contributed by atoms with E-state index in [9.17, 15) is 4.79 Å². The lowest BCUT2D eigenvalue weighted by molar-refractivity contribution is -0.139. The normalized spacial score (nSPS) is 14.7. The number of nitrogens with one attached hydrogen (secondary N) is 2. The van der Waals surface area contributed by atoms with E-state index in [1.807, 2.05) is 25.1 Å². The average Bonchev–Trinajstić information content (AvgIpc) is 3.62.